The van der Waals surface area contributed by atoms with Gasteiger partial charge in [0.25, 0.3) is 0 Å². The minimum atomic E-state index is -0.530. The Morgan fingerprint density at radius 3 is 2.48 bits per heavy atom. The molecule has 2 unspecified atom stereocenters. The quantitative estimate of drug-likeness (QED) is 0.540. The largest absolute Gasteiger partial charge is 0.491 e. The van der Waals surface area contributed by atoms with Crippen molar-refractivity contribution in [2.45, 2.75) is 32.0 Å². The van der Waals surface area contributed by atoms with E-state index in [0.717, 1.165) is 31.0 Å². The molecule has 0 bridgehead atoms. The number of hydrogen-bond donors (Lipinski definition) is 1. The highest BCUT2D eigenvalue weighted by Crippen LogP contribution is 2.39. The summed E-state index contributed by atoms with van der Waals surface area (Å²) in [5.41, 5.74) is 3.84. The number of fused-ring (bicyclic) bond motifs is 2. The van der Waals surface area contributed by atoms with Crippen molar-refractivity contribution >= 4 is 0 Å². The van der Waals surface area contributed by atoms with Crippen LogP contribution in [0.1, 0.15) is 36.0 Å². The summed E-state index contributed by atoms with van der Waals surface area (Å²) in [7, 11) is 0. The lowest BCUT2D eigenvalue weighted by Crippen LogP contribution is -2.36. The Labute approximate surface area is 185 Å². The summed E-state index contributed by atoms with van der Waals surface area (Å²) in [5.74, 6) is 2.04. The molecule has 0 fully saturated rings. The SMILES string of the molecule is CCN(CCC1c2ccccc2COc2ccccc21)CC(O)COc1ccccc1. The predicted octanol–water partition coefficient (Wildman–Crippen LogP) is 4.86. The highest BCUT2D eigenvalue weighted by atomic mass is 16.5. The van der Waals surface area contributed by atoms with Crippen LogP contribution in [0.25, 0.3) is 0 Å². The Bertz CT molecular complexity index is 912. The van der Waals surface area contributed by atoms with E-state index in [1.807, 2.05) is 36.4 Å². The third-order valence-electron chi connectivity index (χ3n) is 5.94. The topological polar surface area (TPSA) is 41.9 Å². The summed E-state index contributed by atoms with van der Waals surface area (Å²) in [6.07, 6.45) is 0.439. The van der Waals surface area contributed by atoms with Crippen LogP contribution in [0.3, 0.4) is 0 Å². The minimum Gasteiger partial charge on any atom is -0.491 e. The van der Waals surface area contributed by atoms with E-state index in [2.05, 4.69) is 54.3 Å². The van der Waals surface area contributed by atoms with Crippen LogP contribution in [0.4, 0.5) is 0 Å². The highest BCUT2D eigenvalue weighted by molar-refractivity contribution is 5.46. The molecule has 0 amide bonds. The number of nitrogens with zero attached hydrogens (tertiary/aromatic N) is 1. The van der Waals surface area contributed by atoms with Gasteiger partial charge in [-0.1, -0.05) is 67.6 Å². The Morgan fingerprint density at radius 1 is 0.968 bits per heavy atom. The lowest BCUT2D eigenvalue weighted by molar-refractivity contribution is 0.0691. The van der Waals surface area contributed by atoms with E-state index in [4.69, 9.17) is 9.47 Å². The molecule has 3 aromatic carbocycles. The second-order valence-corrected chi connectivity index (χ2v) is 8.04. The monoisotopic (exact) mass is 417 g/mol. The summed E-state index contributed by atoms with van der Waals surface area (Å²) in [4.78, 5) is 2.30. The molecule has 4 nitrogen and oxygen atoms in total. The molecule has 1 heterocycles. The maximum atomic E-state index is 10.5. The first kappa shape index (κ1) is 21.4. The third kappa shape index (κ3) is 5.46. The van der Waals surface area contributed by atoms with Crippen LogP contribution in [0.5, 0.6) is 11.5 Å². The molecule has 2 atom stereocenters. The van der Waals surface area contributed by atoms with Crippen LogP contribution < -0.4 is 9.47 Å². The molecule has 4 rings (SSSR count). The first-order chi connectivity index (χ1) is 15.2. The van der Waals surface area contributed by atoms with Crippen molar-refractivity contribution in [3.8, 4) is 11.5 Å². The summed E-state index contributed by atoms with van der Waals surface area (Å²) in [5, 5.41) is 10.5. The van der Waals surface area contributed by atoms with Gasteiger partial charge in [0, 0.05) is 18.0 Å². The van der Waals surface area contributed by atoms with E-state index in [0.29, 0.717) is 19.8 Å². The highest BCUT2D eigenvalue weighted by Gasteiger charge is 2.25. The molecule has 0 spiro atoms. The number of benzene rings is 3. The summed E-state index contributed by atoms with van der Waals surface area (Å²) in [6, 6.07) is 26.6. The Morgan fingerprint density at radius 2 is 1.68 bits per heavy atom. The van der Waals surface area contributed by atoms with E-state index >= 15 is 0 Å². The van der Waals surface area contributed by atoms with Crippen molar-refractivity contribution in [1.82, 2.24) is 4.90 Å². The lowest BCUT2D eigenvalue weighted by atomic mass is 9.86. The fourth-order valence-corrected chi connectivity index (χ4v) is 4.29. The van der Waals surface area contributed by atoms with Gasteiger partial charge in [0.05, 0.1) is 0 Å². The molecule has 0 saturated carbocycles. The van der Waals surface area contributed by atoms with E-state index in [1.54, 1.807) is 0 Å². The smallest absolute Gasteiger partial charge is 0.123 e. The van der Waals surface area contributed by atoms with Crippen molar-refractivity contribution in [3.05, 3.63) is 95.6 Å². The van der Waals surface area contributed by atoms with E-state index in [9.17, 15) is 5.11 Å². The number of aliphatic hydroxyl groups is 1. The molecular weight excluding hydrogens is 386 g/mol. The van der Waals surface area contributed by atoms with Crippen molar-refractivity contribution in [1.29, 1.82) is 0 Å². The van der Waals surface area contributed by atoms with Crippen LogP contribution in [0.15, 0.2) is 78.9 Å². The predicted molar refractivity (Wildman–Crippen MR) is 124 cm³/mol. The number of ether oxygens (including phenoxy) is 2. The summed E-state index contributed by atoms with van der Waals surface area (Å²) < 4.78 is 11.8. The maximum absolute atomic E-state index is 10.5. The standard InChI is InChI=1S/C27H31NO3/c1-2-28(18-22(29)20-30-23-11-4-3-5-12-23)17-16-25-24-13-7-6-10-21(24)19-31-27-15-9-8-14-26(25)27/h3-15,22,25,29H,2,16-20H2,1H3. The van der Waals surface area contributed by atoms with Crippen LogP contribution >= 0.6 is 0 Å². The fourth-order valence-electron chi connectivity index (χ4n) is 4.29. The number of hydrogen-bond acceptors (Lipinski definition) is 4. The average Bonchev–Trinajstić information content (AvgIpc) is 2.98. The normalized spacial score (nSPS) is 16.0. The molecule has 3 aromatic rings. The third-order valence-corrected chi connectivity index (χ3v) is 5.94. The molecule has 31 heavy (non-hydrogen) atoms. The van der Waals surface area contributed by atoms with Crippen LogP contribution in [0, 0.1) is 0 Å². The van der Waals surface area contributed by atoms with Crippen molar-refractivity contribution in [2.75, 3.05) is 26.2 Å². The zero-order chi connectivity index (χ0) is 21.5. The Balaban J connectivity index is 1.41. The second-order valence-electron chi connectivity index (χ2n) is 8.04. The van der Waals surface area contributed by atoms with Gasteiger partial charge >= 0.3 is 0 Å². The van der Waals surface area contributed by atoms with Crippen molar-refractivity contribution in [2.24, 2.45) is 0 Å². The average molecular weight is 418 g/mol. The fraction of sp³-hybridized carbons (Fsp3) is 0.333. The number of aliphatic hydroxyl groups excluding tert-OH is 1. The van der Waals surface area contributed by atoms with Gasteiger partial charge in [0.1, 0.15) is 30.8 Å². The zero-order valence-electron chi connectivity index (χ0n) is 18.1. The molecule has 1 aliphatic rings. The molecule has 4 heteroatoms. The summed E-state index contributed by atoms with van der Waals surface area (Å²) >= 11 is 0. The number of rotatable bonds is 9. The molecule has 1 aliphatic heterocycles. The number of likely N-dealkylation sites (N-methyl/N-ethyl adjacent to an activating group) is 1. The maximum Gasteiger partial charge on any atom is 0.123 e. The van der Waals surface area contributed by atoms with E-state index in [-0.39, 0.29) is 5.92 Å². The van der Waals surface area contributed by atoms with Crippen LogP contribution in [0.2, 0.25) is 0 Å². The summed E-state index contributed by atoms with van der Waals surface area (Å²) in [6.45, 7) is 5.42. The van der Waals surface area contributed by atoms with Gasteiger partial charge in [-0.2, -0.15) is 0 Å². The van der Waals surface area contributed by atoms with Gasteiger partial charge in [0.15, 0.2) is 0 Å². The molecular formula is C27H31NO3. The van der Waals surface area contributed by atoms with Crippen LogP contribution in [-0.2, 0) is 6.61 Å². The van der Waals surface area contributed by atoms with E-state index in [1.165, 1.54) is 16.7 Å². The van der Waals surface area contributed by atoms with Gasteiger partial charge in [-0.3, -0.25) is 0 Å². The minimum absolute atomic E-state index is 0.279. The van der Waals surface area contributed by atoms with Crippen molar-refractivity contribution < 1.29 is 14.6 Å². The number of para-hydroxylation sites is 2. The first-order valence-corrected chi connectivity index (χ1v) is 11.1. The zero-order valence-corrected chi connectivity index (χ0v) is 18.1. The molecule has 0 aliphatic carbocycles. The second kappa shape index (κ2) is 10.5. The van der Waals surface area contributed by atoms with E-state index < -0.39 is 6.10 Å². The first-order valence-electron chi connectivity index (χ1n) is 11.1. The molecule has 162 valence electrons. The molecule has 0 aromatic heterocycles. The van der Waals surface area contributed by atoms with Gasteiger partial charge in [0.2, 0.25) is 0 Å². The molecule has 1 N–H and O–H groups in total. The Hall–Kier alpha value is -2.82. The van der Waals surface area contributed by atoms with Gasteiger partial charge in [-0.25, -0.2) is 0 Å². The van der Waals surface area contributed by atoms with Gasteiger partial charge in [-0.15, -0.1) is 0 Å². The van der Waals surface area contributed by atoms with Crippen molar-refractivity contribution in [3.63, 3.8) is 0 Å². The Kier molecular flexibility index (Phi) is 7.23. The van der Waals surface area contributed by atoms with Crippen LogP contribution in [-0.4, -0.2) is 42.4 Å². The molecule has 0 saturated heterocycles. The lowest BCUT2D eigenvalue weighted by Gasteiger charge is -2.27. The van der Waals surface area contributed by atoms with Gasteiger partial charge in [-0.05, 0) is 48.8 Å². The molecule has 0 radical (unpaired) electrons. The van der Waals surface area contributed by atoms with Gasteiger partial charge < -0.3 is 19.5 Å².